The van der Waals surface area contributed by atoms with Crippen LogP contribution in [-0.2, 0) is 12.8 Å². The second-order valence-corrected chi connectivity index (χ2v) is 6.34. The third kappa shape index (κ3) is 2.73. The molecule has 1 saturated carbocycles. The van der Waals surface area contributed by atoms with E-state index in [0.717, 1.165) is 36.7 Å². The van der Waals surface area contributed by atoms with Gasteiger partial charge in [0.05, 0.1) is 5.56 Å². The molecule has 1 aromatic rings. The highest BCUT2D eigenvalue weighted by atomic mass is 32.1. The van der Waals surface area contributed by atoms with E-state index in [1.807, 2.05) is 0 Å². The molecule has 2 aliphatic rings. The molecule has 0 aromatic carbocycles. The molecule has 1 aromatic heterocycles. The number of hydrogen-bond acceptors (Lipinski definition) is 3. The minimum Gasteiger partial charge on any atom is -0.389 e. The van der Waals surface area contributed by atoms with Crippen molar-refractivity contribution >= 4 is 23.0 Å². The fourth-order valence-corrected chi connectivity index (χ4v) is 3.04. The first-order chi connectivity index (χ1) is 9.15. The Morgan fingerprint density at radius 2 is 2.32 bits per heavy atom. The molecule has 19 heavy (non-hydrogen) atoms. The van der Waals surface area contributed by atoms with Crippen molar-refractivity contribution in [3.63, 3.8) is 0 Å². The Balaban J connectivity index is 1.79. The Morgan fingerprint density at radius 1 is 1.53 bits per heavy atom. The molecule has 0 radical (unpaired) electrons. The normalized spacial score (nSPS) is 19.0. The van der Waals surface area contributed by atoms with E-state index in [0.29, 0.717) is 10.9 Å². The average molecular weight is 275 g/mol. The van der Waals surface area contributed by atoms with Crippen LogP contribution in [0.4, 0.5) is 5.82 Å². The van der Waals surface area contributed by atoms with Crippen molar-refractivity contribution in [2.75, 3.05) is 11.9 Å². The molecule has 0 saturated heterocycles. The van der Waals surface area contributed by atoms with Gasteiger partial charge < -0.3 is 11.1 Å². The maximum atomic E-state index is 5.84. The van der Waals surface area contributed by atoms with E-state index in [9.17, 15) is 0 Å². The zero-order valence-electron chi connectivity index (χ0n) is 11.4. The summed E-state index contributed by atoms with van der Waals surface area (Å²) in [6, 6.07) is 2.14. The predicted octanol–water partition coefficient (Wildman–Crippen LogP) is 2.66. The van der Waals surface area contributed by atoms with E-state index in [1.165, 1.54) is 30.5 Å². The van der Waals surface area contributed by atoms with Gasteiger partial charge in [0.15, 0.2) is 0 Å². The Hall–Kier alpha value is -1.16. The van der Waals surface area contributed by atoms with Gasteiger partial charge in [0.25, 0.3) is 0 Å². The number of pyridine rings is 1. The van der Waals surface area contributed by atoms with Gasteiger partial charge in [0.2, 0.25) is 0 Å². The monoisotopic (exact) mass is 275 g/mol. The first-order valence-electron chi connectivity index (χ1n) is 7.21. The Morgan fingerprint density at radius 3 is 3.00 bits per heavy atom. The minimum atomic E-state index is 0.448. The van der Waals surface area contributed by atoms with Gasteiger partial charge in [-0.15, -0.1) is 0 Å². The second-order valence-electron chi connectivity index (χ2n) is 5.90. The van der Waals surface area contributed by atoms with Gasteiger partial charge in [0.1, 0.15) is 10.8 Å². The Kier molecular flexibility index (Phi) is 3.44. The van der Waals surface area contributed by atoms with E-state index >= 15 is 0 Å². The van der Waals surface area contributed by atoms with Crippen LogP contribution >= 0.6 is 12.2 Å². The van der Waals surface area contributed by atoms with Crippen LogP contribution in [0.1, 0.15) is 43.0 Å². The van der Waals surface area contributed by atoms with Gasteiger partial charge in [-0.05, 0) is 55.6 Å². The van der Waals surface area contributed by atoms with Gasteiger partial charge in [-0.3, -0.25) is 0 Å². The van der Waals surface area contributed by atoms with E-state index in [4.69, 9.17) is 22.9 Å². The molecule has 0 aliphatic heterocycles. The molecule has 3 N–H and O–H groups in total. The predicted molar refractivity (Wildman–Crippen MR) is 82.5 cm³/mol. The van der Waals surface area contributed by atoms with Gasteiger partial charge >= 0.3 is 0 Å². The largest absolute Gasteiger partial charge is 0.389 e. The number of fused-ring (bicyclic) bond motifs is 1. The van der Waals surface area contributed by atoms with E-state index in [-0.39, 0.29) is 0 Å². The molecule has 0 spiro atoms. The van der Waals surface area contributed by atoms with Crippen molar-refractivity contribution in [2.24, 2.45) is 17.6 Å². The number of nitrogens with zero attached hydrogens (tertiary/aromatic N) is 1. The van der Waals surface area contributed by atoms with Crippen LogP contribution in [0.25, 0.3) is 0 Å². The molecule has 1 heterocycles. The standard InChI is InChI=1S/C15H21N3S/c1-9(10-5-6-10)8-17-15-12(14(16)19)7-11-3-2-4-13(11)18-15/h7,9-10H,2-6,8H2,1H3,(H2,16,19)(H,17,18). The molecule has 1 fully saturated rings. The summed E-state index contributed by atoms with van der Waals surface area (Å²) in [5.74, 6) is 2.49. The van der Waals surface area contributed by atoms with Crippen LogP contribution in [0.3, 0.4) is 0 Å². The summed E-state index contributed by atoms with van der Waals surface area (Å²) in [6.07, 6.45) is 6.14. The summed E-state index contributed by atoms with van der Waals surface area (Å²) in [5.41, 5.74) is 9.30. The van der Waals surface area contributed by atoms with Crippen LogP contribution in [0.5, 0.6) is 0 Å². The number of aromatic nitrogens is 1. The lowest BCUT2D eigenvalue weighted by atomic mass is 10.1. The SMILES string of the molecule is CC(CNc1nc2c(cc1C(N)=S)CCC2)C1CC1. The molecular formula is C15H21N3S. The number of nitrogens with two attached hydrogens (primary N) is 1. The third-order valence-electron chi connectivity index (χ3n) is 4.33. The third-order valence-corrected chi connectivity index (χ3v) is 4.55. The molecule has 102 valence electrons. The Labute approximate surface area is 120 Å². The smallest absolute Gasteiger partial charge is 0.136 e. The highest BCUT2D eigenvalue weighted by Crippen LogP contribution is 2.36. The fourth-order valence-electron chi connectivity index (χ4n) is 2.88. The van der Waals surface area contributed by atoms with Crippen LogP contribution in [0, 0.1) is 11.8 Å². The molecule has 0 bridgehead atoms. The lowest BCUT2D eigenvalue weighted by Gasteiger charge is -2.16. The number of hydrogen-bond donors (Lipinski definition) is 2. The Bertz CT molecular complexity index is 508. The molecule has 1 atom stereocenters. The lowest BCUT2D eigenvalue weighted by molar-refractivity contribution is 0.536. The van der Waals surface area contributed by atoms with Crippen molar-refractivity contribution < 1.29 is 0 Å². The minimum absolute atomic E-state index is 0.448. The van der Waals surface area contributed by atoms with E-state index < -0.39 is 0 Å². The van der Waals surface area contributed by atoms with E-state index in [2.05, 4.69) is 18.3 Å². The van der Waals surface area contributed by atoms with Crippen molar-refractivity contribution in [3.05, 3.63) is 22.9 Å². The maximum Gasteiger partial charge on any atom is 0.136 e. The van der Waals surface area contributed by atoms with Crippen LogP contribution in [0.2, 0.25) is 0 Å². The number of rotatable bonds is 5. The summed E-state index contributed by atoms with van der Waals surface area (Å²) in [7, 11) is 0. The number of anilines is 1. The zero-order valence-corrected chi connectivity index (χ0v) is 12.2. The fraction of sp³-hybridized carbons (Fsp3) is 0.600. The molecule has 1 unspecified atom stereocenters. The highest BCUT2D eigenvalue weighted by molar-refractivity contribution is 7.80. The van der Waals surface area contributed by atoms with Gasteiger partial charge in [-0.2, -0.15) is 0 Å². The summed E-state index contributed by atoms with van der Waals surface area (Å²) >= 11 is 5.16. The molecule has 4 heteroatoms. The van der Waals surface area contributed by atoms with Crippen LogP contribution < -0.4 is 11.1 Å². The number of thiocarbonyl (C=S) groups is 1. The molecule has 0 amide bonds. The summed E-state index contributed by atoms with van der Waals surface area (Å²) in [4.78, 5) is 5.20. The van der Waals surface area contributed by atoms with Gasteiger partial charge in [-0.25, -0.2) is 4.98 Å². The van der Waals surface area contributed by atoms with Crippen molar-refractivity contribution in [1.82, 2.24) is 4.98 Å². The first-order valence-corrected chi connectivity index (χ1v) is 7.62. The highest BCUT2D eigenvalue weighted by Gasteiger charge is 2.28. The summed E-state index contributed by atoms with van der Waals surface area (Å²) < 4.78 is 0. The topological polar surface area (TPSA) is 50.9 Å². The first kappa shape index (κ1) is 12.9. The molecular weight excluding hydrogens is 254 g/mol. The maximum absolute atomic E-state index is 5.84. The number of nitrogens with one attached hydrogen (secondary N) is 1. The quantitative estimate of drug-likeness (QED) is 0.811. The average Bonchev–Trinajstić information content (AvgIpc) is 3.13. The van der Waals surface area contributed by atoms with E-state index in [1.54, 1.807) is 0 Å². The summed E-state index contributed by atoms with van der Waals surface area (Å²) in [5, 5.41) is 3.47. The van der Waals surface area contributed by atoms with Crippen molar-refractivity contribution in [2.45, 2.75) is 39.0 Å². The lowest BCUT2D eigenvalue weighted by Crippen LogP contribution is -2.19. The summed E-state index contributed by atoms with van der Waals surface area (Å²) in [6.45, 7) is 3.27. The second kappa shape index (κ2) is 5.08. The zero-order chi connectivity index (χ0) is 13.4. The van der Waals surface area contributed by atoms with Crippen molar-refractivity contribution in [3.8, 4) is 0 Å². The van der Waals surface area contributed by atoms with Crippen LogP contribution in [0.15, 0.2) is 6.07 Å². The van der Waals surface area contributed by atoms with Gasteiger partial charge in [0, 0.05) is 12.2 Å². The molecule has 3 nitrogen and oxygen atoms in total. The van der Waals surface area contributed by atoms with Crippen molar-refractivity contribution in [1.29, 1.82) is 0 Å². The molecule has 3 rings (SSSR count). The molecule has 2 aliphatic carbocycles. The van der Waals surface area contributed by atoms with Gasteiger partial charge in [-0.1, -0.05) is 19.1 Å². The number of aryl methyl sites for hydroxylation is 2. The van der Waals surface area contributed by atoms with Crippen LogP contribution in [-0.4, -0.2) is 16.5 Å².